The predicted molar refractivity (Wildman–Crippen MR) is 78.7 cm³/mol. The molecule has 0 aliphatic heterocycles. The van der Waals surface area contributed by atoms with Gasteiger partial charge in [-0.05, 0) is 18.2 Å². The van der Waals surface area contributed by atoms with Gasteiger partial charge in [-0.3, -0.25) is 0 Å². The number of nitrogens with one attached hydrogen (secondary N) is 1. The predicted octanol–water partition coefficient (Wildman–Crippen LogP) is 3.39. The van der Waals surface area contributed by atoms with Crippen LogP contribution >= 0.6 is 28.3 Å². The molecule has 3 aromatic rings. The molecule has 0 aliphatic rings. The quantitative estimate of drug-likeness (QED) is 0.720. The third-order valence-corrected chi connectivity index (χ3v) is 3.27. The average Bonchev–Trinajstić information content (AvgIpc) is 2.74. The molecule has 2 heterocycles. The lowest BCUT2D eigenvalue weighted by Gasteiger charge is -2.01. The SMILES string of the molecule is Cl.Nc1nccc(-c2c[nH]c3cccc(Br)c23)n1. The second-order valence-electron chi connectivity index (χ2n) is 3.66. The summed E-state index contributed by atoms with van der Waals surface area (Å²) in [5.74, 6) is 0.281. The van der Waals surface area contributed by atoms with Crippen molar-refractivity contribution in [2.45, 2.75) is 0 Å². The molecule has 1 aromatic carbocycles. The van der Waals surface area contributed by atoms with Crippen molar-refractivity contribution in [1.29, 1.82) is 0 Å². The average molecular weight is 326 g/mol. The number of rotatable bonds is 1. The van der Waals surface area contributed by atoms with Crippen LogP contribution in [-0.2, 0) is 0 Å². The van der Waals surface area contributed by atoms with Gasteiger partial charge in [0.2, 0.25) is 5.95 Å². The van der Waals surface area contributed by atoms with E-state index in [4.69, 9.17) is 5.73 Å². The van der Waals surface area contributed by atoms with E-state index in [-0.39, 0.29) is 18.4 Å². The Labute approximate surface area is 118 Å². The minimum atomic E-state index is 0. The number of nitrogen functional groups attached to an aromatic ring is 1. The summed E-state index contributed by atoms with van der Waals surface area (Å²) >= 11 is 3.55. The lowest BCUT2D eigenvalue weighted by Crippen LogP contribution is -1.94. The highest BCUT2D eigenvalue weighted by Gasteiger charge is 2.10. The van der Waals surface area contributed by atoms with Gasteiger partial charge >= 0.3 is 0 Å². The van der Waals surface area contributed by atoms with Crippen molar-refractivity contribution in [2.24, 2.45) is 0 Å². The molecule has 0 aliphatic carbocycles. The fraction of sp³-hybridized carbons (Fsp3) is 0. The molecule has 3 rings (SSSR count). The number of nitrogens with zero attached hydrogens (tertiary/aromatic N) is 2. The summed E-state index contributed by atoms with van der Waals surface area (Å²) in [5, 5.41) is 1.10. The lowest BCUT2D eigenvalue weighted by atomic mass is 10.1. The zero-order valence-electron chi connectivity index (χ0n) is 9.22. The second kappa shape index (κ2) is 4.96. The fourth-order valence-corrected chi connectivity index (χ4v) is 2.45. The maximum atomic E-state index is 5.60. The van der Waals surface area contributed by atoms with E-state index >= 15 is 0 Å². The monoisotopic (exact) mass is 324 g/mol. The molecule has 0 atom stereocenters. The van der Waals surface area contributed by atoms with E-state index in [0.29, 0.717) is 0 Å². The number of H-pyrrole nitrogens is 1. The van der Waals surface area contributed by atoms with Crippen molar-refractivity contribution in [3.63, 3.8) is 0 Å². The molecule has 18 heavy (non-hydrogen) atoms. The standard InChI is InChI=1S/C12H9BrN4.ClH/c13-8-2-1-3-10-11(8)7(6-16-10)9-4-5-15-12(14)17-9;/h1-6,16H,(H2,14,15,17);1H. The van der Waals surface area contributed by atoms with Gasteiger partial charge < -0.3 is 10.7 Å². The van der Waals surface area contributed by atoms with E-state index in [1.54, 1.807) is 6.20 Å². The number of fused-ring (bicyclic) bond motifs is 1. The maximum Gasteiger partial charge on any atom is 0.220 e. The third kappa shape index (κ3) is 2.07. The first-order chi connectivity index (χ1) is 8.25. The number of nitrogens with two attached hydrogens (primary N) is 1. The molecule has 0 bridgehead atoms. The van der Waals surface area contributed by atoms with E-state index in [0.717, 1.165) is 26.6 Å². The van der Waals surface area contributed by atoms with Gasteiger partial charge in [-0.2, -0.15) is 0 Å². The summed E-state index contributed by atoms with van der Waals surface area (Å²) in [6.45, 7) is 0. The Morgan fingerprint density at radius 2 is 2.06 bits per heavy atom. The van der Waals surface area contributed by atoms with Crippen LogP contribution in [0.4, 0.5) is 5.95 Å². The zero-order chi connectivity index (χ0) is 11.8. The van der Waals surface area contributed by atoms with Gasteiger partial charge in [0.25, 0.3) is 0 Å². The Bertz CT molecular complexity index is 695. The van der Waals surface area contributed by atoms with E-state index in [1.165, 1.54) is 0 Å². The van der Waals surface area contributed by atoms with Gasteiger partial charge in [-0.1, -0.05) is 22.0 Å². The highest BCUT2D eigenvalue weighted by atomic mass is 79.9. The van der Waals surface area contributed by atoms with Crippen LogP contribution in [0.3, 0.4) is 0 Å². The number of hydrogen-bond donors (Lipinski definition) is 2. The van der Waals surface area contributed by atoms with Gasteiger partial charge in [0.1, 0.15) is 0 Å². The largest absolute Gasteiger partial charge is 0.368 e. The zero-order valence-corrected chi connectivity index (χ0v) is 11.6. The molecule has 0 radical (unpaired) electrons. The number of anilines is 1. The Balaban J connectivity index is 0.00000120. The first-order valence-corrected chi connectivity index (χ1v) is 5.89. The topological polar surface area (TPSA) is 67.6 Å². The number of hydrogen-bond acceptors (Lipinski definition) is 3. The number of halogens is 2. The summed E-state index contributed by atoms with van der Waals surface area (Å²) in [6, 6.07) is 7.86. The molecule has 6 heteroatoms. The number of benzene rings is 1. The second-order valence-corrected chi connectivity index (χ2v) is 4.52. The number of aromatic amines is 1. The molecule has 0 saturated heterocycles. The summed E-state index contributed by atoms with van der Waals surface area (Å²) in [7, 11) is 0. The Hall–Kier alpha value is -1.59. The first kappa shape index (κ1) is 12.9. The smallest absolute Gasteiger partial charge is 0.220 e. The van der Waals surface area contributed by atoms with Crippen molar-refractivity contribution in [2.75, 3.05) is 5.73 Å². The molecule has 4 nitrogen and oxygen atoms in total. The van der Waals surface area contributed by atoms with Crippen LogP contribution in [0.25, 0.3) is 22.2 Å². The third-order valence-electron chi connectivity index (χ3n) is 2.61. The van der Waals surface area contributed by atoms with Crippen molar-refractivity contribution in [3.8, 4) is 11.3 Å². The van der Waals surface area contributed by atoms with Crippen LogP contribution in [0, 0.1) is 0 Å². The van der Waals surface area contributed by atoms with Gasteiger partial charge in [-0.25, -0.2) is 9.97 Å². The van der Waals surface area contributed by atoms with Crippen molar-refractivity contribution < 1.29 is 0 Å². The van der Waals surface area contributed by atoms with Crippen LogP contribution in [-0.4, -0.2) is 15.0 Å². The van der Waals surface area contributed by atoms with Crippen molar-refractivity contribution >= 4 is 45.2 Å². The molecule has 0 unspecified atom stereocenters. The van der Waals surface area contributed by atoms with Gasteiger partial charge in [0.15, 0.2) is 0 Å². The van der Waals surface area contributed by atoms with Gasteiger partial charge in [-0.15, -0.1) is 12.4 Å². The minimum Gasteiger partial charge on any atom is -0.368 e. The van der Waals surface area contributed by atoms with Gasteiger partial charge in [0.05, 0.1) is 5.69 Å². The molecular weight excluding hydrogens is 316 g/mol. The van der Waals surface area contributed by atoms with Crippen LogP contribution in [0.2, 0.25) is 0 Å². The summed E-state index contributed by atoms with van der Waals surface area (Å²) < 4.78 is 1.03. The maximum absolute atomic E-state index is 5.60. The molecule has 0 saturated carbocycles. The molecule has 3 N–H and O–H groups in total. The van der Waals surface area contributed by atoms with Crippen LogP contribution in [0.15, 0.2) is 41.1 Å². The highest BCUT2D eigenvalue weighted by molar-refractivity contribution is 9.10. The molecule has 0 spiro atoms. The van der Waals surface area contributed by atoms with Crippen molar-refractivity contribution in [1.82, 2.24) is 15.0 Å². The van der Waals surface area contributed by atoms with Crippen LogP contribution in [0.5, 0.6) is 0 Å². The van der Waals surface area contributed by atoms with E-state index in [9.17, 15) is 0 Å². The van der Waals surface area contributed by atoms with Crippen LogP contribution < -0.4 is 5.73 Å². The van der Waals surface area contributed by atoms with E-state index < -0.39 is 0 Å². The molecule has 0 fully saturated rings. The summed E-state index contributed by atoms with van der Waals surface area (Å²) in [4.78, 5) is 11.3. The summed E-state index contributed by atoms with van der Waals surface area (Å²) in [6.07, 6.45) is 3.59. The van der Waals surface area contributed by atoms with Gasteiger partial charge in [0, 0.05) is 33.3 Å². The molecule has 92 valence electrons. The van der Waals surface area contributed by atoms with E-state index in [1.807, 2.05) is 30.5 Å². The molecule has 2 aromatic heterocycles. The Morgan fingerprint density at radius 1 is 1.22 bits per heavy atom. The lowest BCUT2D eigenvalue weighted by molar-refractivity contribution is 1.19. The minimum absolute atomic E-state index is 0. The Kier molecular flexibility index (Phi) is 3.54. The fourth-order valence-electron chi connectivity index (χ4n) is 1.87. The van der Waals surface area contributed by atoms with Crippen molar-refractivity contribution in [3.05, 3.63) is 41.1 Å². The Morgan fingerprint density at radius 3 is 2.83 bits per heavy atom. The highest BCUT2D eigenvalue weighted by Crippen LogP contribution is 2.32. The van der Waals surface area contributed by atoms with Crippen LogP contribution in [0.1, 0.15) is 0 Å². The normalized spacial score (nSPS) is 10.3. The molecular formula is C12H10BrClN4. The number of aromatic nitrogens is 3. The summed E-state index contributed by atoms with van der Waals surface area (Å²) in [5.41, 5.74) is 8.50. The first-order valence-electron chi connectivity index (χ1n) is 5.10. The van der Waals surface area contributed by atoms with E-state index in [2.05, 4.69) is 30.9 Å². The molecule has 0 amide bonds.